The Morgan fingerprint density at radius 2 is 2.00 bits per heavy atom. The molecule has 0 bridgehead atoms. The molecule has 0 radical (unpaired) electrons. The van der Waals surface area contributed by atoms with E-state index >= 15 is 0 Å². The third-order valence-corrected chi connectivity index (χ3v) is 5.10. The first-order chi connectivity index (χ1) is 12.0. The number of fused-ring (bicyclic) bond motifs is 1. The highest BCUT2D eigenvalue weighted by molar-refractivity contribution is 7.17. The van der Waals surface area contributed by atoms with Crippen molar-refractivity contribution in [2.75, 3.05) is 11.9 Å². The lowest BCUT2D eigenvalue weighted by atomic mass is 10.0. The van der Waals surface area contributed by atoms with E-state index in [0.29, 0.717) is 18.8 Å². The number of rotatable bonds is 6. The smallest absolute Gasteiger partial charge is 0.303 e. The summed E-state index contributed by atoms with van der Waals surface area (Å²) in [6, 6.07) is 6.44. The van der Waals surface area contributed by atoms with Crippen LogP contribution in [0.5, 0.6) is 0 Å². The molecule has 6 heteroatoms. The Balaban J connectivity index is 1.99. The average molecular weight is 355 g/mol. The van der Waals surface area contributed by atoms with Gasteiger partial charge in [0, 0.05) is 23.9 Å². The number of carboxylic acids is 1. The van der Waals surface area contributed by atoms with Crippen molar-refractivity contribution in [1.29, 1.82) is 0 Å². The van der Waals surface area contributed by atoms with E-state index in [1.165, 1.54) is 11.1 Å². The van der Waals surface area contributed by atoms with E-state index in [0.717, 1.165) is 27.2 Å². The summed E-state index contributed by atoms with van der Waals surface area (Å²) >= 11 is 1.61. The number of anilines is 1. The Labute approximate surface area is 150 Å². The molecule has 0 fully saturated rings. The van der Waals surface area contributed by atoms with Gasteiger partial charge in [0.25, 0.3) is 0 Å². The maximum atomic E-state index is 10.7. The van der Waals surface area contributed by atoms with Crippen molar-refractivity contribution in [2.24, 2.45) is 0 Å². The summed E-state index contributed by atoms with van der Waals surface area (Å²) in [5.74, 6) is 0.709. The molecule has 0 amide bonds. The number of aryl methyl sites for hydroxylation is 3. The van der Waals surface area contributed by atoms with Crippen LogP contribution in [0.25, 0.3) is 21.3 Å². The maximum Gasteiger partial charge on any atom is 0.303 e. The van der Waals surface area contributed by atoms with Crippen molar-refractivity contribution in [3.63, 3.8) is 0 Å². The van der Waals surface area contributed by atoms with Crippen molar-refractivity contribution in [2.45, 2.75) is 33.6 Å². The molecule has 2 aromatic heterocycles. The zero-order valence-electron chi connectivity index (χ0n) is 14.6. The predicted octanol–water partition coefficient (Wildman–Crippen LogP) is 4.56. The van der Waals surface area contributed by atoms with E-state index in [9.17, 15) is 4.79 Å². The summed E-state index contributed by atoms with van der Waals surface area (Å²) in [6.45, 7) is 6.66. The molecule has 0 aliphatic rings. The van der Waals surface area contributed by atoms with Gasteiger partial charge < -0.3 is 10.4 Å². The molecule has 2 N–H and O–H groups in total. The lowest BCUT2D eigenvalue weighted by molar-refractivity contribution is -0.137. The summed E-state index contributed by atoms with van der Waals surface area (Å²) in [5, 5.41) is 15.2. The van der Waals surface area contributed by atoms with E-state index in [2.05, 4.69) is 52.7 Å². The van der Waals surface area contributed by atoms with Crippen LogP contribution in [0.3, 0.4) is 0 Å². The van der Waals surface area contributed by atoms with E-state index in [-0.39, 0.29) is 6.42 Å². The van der Waals surface area contributed by atoms with Gasteiger partial charge in [-0.05, 0) is 43.9 Å². The molecular weight excluding hydrogens is 334 g/mol. The molecule has 130 valence electrons. The molecule has 0 atom stereocenters. The first-order valence-corrected chi connectivity index (χ1v) is 9.13. The third kappa shape index (κ3) is 3.79. The Hall–Kier alpha value is -2.47. The van der Waals surface area contributed by atoms with Crippen LogP contribution in [0.2, 0.25) is 0 Å². The molecule has 1 aromatic carbocycles. The number of hydrogen-bond donors (Lipinski definition) is 2. The lowest BCUT2D eigenvalue weighted by Crippen LogP contribution is -2.07. The highest BCUT2D eigenvalue weighted by atomic mass is 32.1. The van der Waals surface area contributed by atoms with Crippen molar-refractivity contribution in [3.05, 3.63) is 40.5 Å². The third-order valence-electron chi connectivity index (χ3n) is 4.22. The molecular formula is C19H21N3O2S. The largest absolute Gasteiger partial charge is 0.481 e. The van der Waals surface area contributed by atoms with E-state index in [1.807, 2.05) is 6.92 Å². The van der Waals surface area contributed by atoms with E-state index in [4.69, 9.17) is 5.11 Å². The van der Waals surface area contributed by atoms with Gasteiger partial charge in [-0.2, -0.15) is 0 Å². The first-order valence-electron chi connectivity index (χ1n) is 8.25. The van der Waals surface area contributed by atoms with Gasteiger partial charge in [0.2, 0.25) is 0 Å². The predicted molar refractivity (Wildman–Crippen MR) is 102 cm³/mol. The summed E-state index contributed by atoms with van der Waals surface area (Å²) in [6.07, 6.45) is 0.705. The molecule has 5 nitrogen and oxygen atoms in total. The zero-order valence-corrected chi connectivity index (χ0v) is 15.4. The SMILES string of the molecule is Cc1nc(NCCCC(=O)O)c2c(-c3ccc(C)c(C)c3)csc2n1. The van der Waals surface area contributed by atoms with Gasteiger partial charge in [-0.1, -0.05) is 18.2 Å². The molecule has 3 aromatic rings. The van der Waals surface area contributed by atoms with Crippen LogP contribution in [-0.2, 0) is 4.79 Å². The van der Waals surface area contributed by atoms with Crippen LogP contribution >= 0.6 is 11.3 Å². The Morgan fingerprint density at radius 1 is 1.20 bits per heavy atom. The zero-order chi connectivity index (χ0) is 18.0. The minimum atomic E-state index is -0.780. The highest BCUT2D eigenvalue weighted by Gasteiger charge is 2.14. The molecule has 0 saturated heterocycles. The number of hydrogen-bond acceptors (Lipinski definition) is 5. The van der Waals surface area contributed by atoms with Gasteiger partial charge in [-0.25, -0.2) is 9.97 Å². The van der Waals surface area contributed by atoms with Crippen molar-refractivity contribution in [3.8, 4) is 11.1 Å². The van der Waals surface area contributed by atoms with Crippen LogP contribution < -0.4 is 5.32 Å². The maximum absolute atomic E-state index is 10.7. The second kappa shape index (κ2) is 7.19. The number of aromatic nitrogens is 2. The van der Waals surface area contributed by atoms with Gasteiger partial charge in [-0.15, -0.1) is 11.3 Å². The number of carboxylic acid groups (broad SMARTS) is 1. The van der Waals surface area contributed by atoms with Crippen molar-refractivity contribution < 1.29 is 9.90 Å². The molecule has 0 saturated carbocycles. The lowest BCUT2D eigenvalue weighted by Gasteiger charge is -2.10. The van der Waals surface area contributed by atoms with Crippen LogP contribution in [0.4, 0.5) is 5.82 Å². The highest BCUT2D eigenvalue weighted by Crippen LogP contribution is 2.37. The topological polar surface area (TPSA) is 75.1 Å². The second-order valence-electron chi connectivity index (χ2n) is 6.17. The van der Waals surface area contributed by atoms with Crippen LogP contribution in [0.15, 0.2) is 23.6 Å². The minimum absolute atomic E-state index is 0.147. The normalized spacial score (nSPS) is 11.0. The van der Waals surface area contributed by atoms with Gasteiger partial charge in [0.15, 0.2) is 0 Å². The number of nitrogens with zero attached hydrogens (tertiary/aromatic N) is 2. The molecule has 0 aliphatic heterocycles. The summed E-state index contributed by atoms with van der Waals surface area (Å²) in [7, 11) is 0. The standard InChI is InChI=1S/C19H21N3O2S/c1-11-6-7-14(9-12(11)2)15-10-25-19-17(15)18(21-13(3)22-19)20-8-4-5-16(23)24/h6-7,9-10H,4-5,8H2,1-3H3,(H,23,24)(H,20,21,22). The van der Waals surface area contributed by atoms with Crippen LogP contribution in [0.1, 0.15) is 29.8 Å². The Kier molecular flexibility index (Phi) is 4.99. The van der Waals surface area contributed by atoms with Crippen LogP contribution in [-0.4, -0.2) is 27.6 Å². The minimum Gasteiger partial charge on any atom is -0.481 e. The Bertz CT molecular complexity index is 934. The molecule has 2 heterocycles. The van der Waals surface area contributed by atoms with Gasteiger partial charge in [-0.3, -0.25) is 4.79 Å². The fourth-order valence-electron chi connectivity index (χ4n) is 2.74. The van der Waals surface area contributed by atoms with Crippen molar-refractivity contribution in [1.82, 2.24) is 9.97 Å². The number of benzene rings is 1. The second-order valence-corrected chi connectivity index (χ2v) is 7.03. The fraction of sp³-hybridized carbons (Fsp3) is 0.316. The molecule has 0 aliphatic carbocycles. The number of nitrogens with one attached hydrogen (secondary N) is 1. The molecule has 0 unspecified atom stereocenters. The molecule has 3 rings (SSSR count). The summed E-state index contributed by atoms with van der Waals surface area (Å²) < 4.78 is 0. The van der Waals surface area contributed by atoms with E-state index in [1.54, 1.807) is 11.3 Å². The first kappa shape index (κ1) is 17.4. The van der Waals surface area contributed by atoms with Gasteiger partial charge >= 0.3 is 5.97 Å². The van der Waals surface area contributed by atoms with Crippen LogP contribution in [0, 0.1) is 20.8 Å². The van der Waals surface area contributed by atoms with Crippen molar-refractivity contribution >= 4 is 33.3 Å². The molecule has 0 spiro atoms. The monoisotopic (exact) mass is 355 g/mol. The van der Waals surface area contributed by atoms with E-state index < -0.39 is 5.97 Å². The summed E-state index contributed by atoms with van der Waals surface area (Å²) in [5.41, 5.74) is 4.78. The summed E-state index contributed by atoms with van der Waals surface area (Å²) in [4.78, 5) is 20.7. The molecule has 25 heavy (non-hydrogen) atoms. The number of aliphatic carboxylic acids is 1. The quantitative estimate of drug-likeness (QED) is 0.634. The average Bonchev–Trinajstić information content (AvgIpc) is 2.97. The Morgan fingerprint density at radius 3 is 2.72 bits per heavy atom. The number of carbonyl (C=O) groups is 1. The fourth-order valence-corrected chi connectivity index (χ4v) is 3.74. The van der Waals surface area contributed by atoms with Gasteiger partial charge in [0.1, 0.15) is 16.5 Å². The number of thiophene rings is 1. The van der Waals surface area contributed by atoms with Gasteiger partial charge in [0.05, 0.1) is 5.39 Å².